The van der Waals surface area contributed by atoms with Gasteiger partial charge < -0.3 is 5.32 Å². The fourth-order valence-electron chi connectivity index (χ4n) is 3.30. The second-order valence-electron chi connectivity index (χ2n) is 7.39. The first kappa shape index (κ1) is 22.8. The summed E-state index contributed by atoms with van der Waals surface area (Å²) in [5.41, 5.74) is 3.40. The lowest BCUT2D eigenvalue weighted by atomic mass is 10.1. The van der Waals surface area contributed by atoms with E-state index in [1.165, 1.54) is 16.4 Å². The van der Waals surface area contributed by atoms with Crippen LogP contribution in [-0.4, -0.2) is 20.9 Å². The van der Waals surface area contributed by atoms with Crippen LogP contribution in [0.2, 0.25) is 5.02 Å². The average Bonchev–Trinajstić information content (AvgIpc) is 2.72. The summed E-state index contributed by atoms with van der Waals surface area (Å²) in [5, 5.41) is 3.31. The zero-order valence-corrected chi connectivity index (χ0v) is 19.1. The number of aryl methyl sites for hydroxylation is 2. The van der Waals surface area contributed by atoms with E-state index in [1.807, 2.05) is 62.4 Å². The number of anilines is 1. The molecule has 0 unspecified atom stereocenters. The van der Waals surface area contributed by atoms with Crippen LogP contribution in [0.4, 0.5) is 5.69 Å². The first-order chi connectivity index (χ1) is 14.8. The molecule has 0 fully saturated rings. The number of rotatable bonds is 8. The fourth-order valence-corrected chi connectivity index (χ4v) is 4.88. The topological polar surface area (TPSA) is 66.5 Å². The second kappa shape index (κ2) is 9.98. The molecule has 7 heteroatoms. The van der Waals surface area contributed by atoms with E-state index in [0.29, 0.717) is 17.3 Å². The van der Waals surface area contributed by atoms with E-state index in [9.17, 15) is 13.2 Å². The maximum atomic E-state index is 13.4. The van der Waals surface area contributed by atoms with Crippen LogP contribution in [0.5, 0.6) is 0 Å². The zero-order chi connectivity index (χ0) is 22.4. The molecule has 0 bridgehead atoms. The number of hydrogen-bond acceptors (Lipinski definition) is 3. The molecule has 3 aromatic carbocycles. The molecule has 31 heavy (non-hydrogen) atoms. The van der Waals surface area contributed by atoms with Gasteiger partial charge in [-0.3, -0.25) is 9.10 Å². The van der Waals surface area contributed by atoms with Crippen molar-refractivity contribution in [2.75, 3.05) is 10.8 Å². The van der Waals surface area contributed by atoms with Crippen LogP contribution in [0.15, 0.2) is 77.7 Å². The minimum absolute atomic E-state index is 0.0223. The molecule has 0 saturated carbocycles. The zero-order valence-electron chi connectivity index (χ0n) is 17.5. The van der Waals surface area contributed by atoms with Gasteiger partial charge in [-0.25, -0.2) is 8.42 Å². The number of sulfonamides is 1. The third-order valence-electron chi connectivity index (χ3n) is 4.77. The van der Waals surface area contributed by atoms with Crippen molar-refractivity contribution in [1.29, 1.82) is 0 Å². The number of nitrogens with one attached hydrogen (secondary N) is 1. The molecule has 0 spiro atoms. The lowest BCUT2D eigenvalue weighted by Gasteiger charge is -2.25. The van der Waals surface area contributed by atoms with Crippen LogP contribution >= 0.6 is 11.6 Å². The van der Waals surface area contributed by atoms with Crippen molar-refractivity contribution in [3.8, 4) is 0 Å². The Morgan fingerprint density at radius 1 is 0.935 bits per heavy atom. The summed E-state index contributed by atoms with van der Waals surface area (Å²) in [4.78, 5) is 12.6. The molecule has 1 N–H and O–H groups in total. The highest BCUT2D eigenvalue weighted by atomic mass is 35.5. The van der Waals surface area contributed by atoms with Gasteiger partial charge in [0.25, 0.3) is 10.0 Å². The number of carbonyl (C=O) groups is 1. The average molecular weight is 457 g/mol. The molecule has 0 saturated heterocycles. The molecule has 3 rings (SSSR count). The minimum Gasteiger partial charge on any atom is -0.352 e. The van der Waals surface area contributed by atoms with Gasteiger partial charge in [-0.2, -0.15) is 0 Å². The largest absolute Gasteiger partial charge is 0.352 e. The molecule has 0 aliphatic carbocycles. The highest BCUT2D eigenvalue weighted by Gasteiger charge is 2.26. The number of nitrogens with zero attached hydrogens (tertiary/aromatic N) is 1. The van der Waals surface area contributed by atoms with Gasteiger partial charge in [0.05, 0.1) is 10.6 Å². The van der Waals surface area contributed by atoms with Gasteiger partial charge in [-0.05, 0) is 66.9 Å². The monoisotopic (exact) mass is 456 g/mol. The van der Waals surface area contributed by atoms with Gasteiger partial charge >= 0.3 is 0 Å². The smallest absolute Gasteiger partial charge is 0.264 e. The molecular formula is C24H25ClN2O3S. The fraction of sp³-hybridized carbons (Fsp3) is 0.208. The van der Waals surface area contributed by atoms with Gasteiger partial charge in [-0.15, -0.1) is 0 Å². The van der Waals surface area contributed by atoms with E-state index in [-0.39, 0.29) is 23.8 Å². The van der Waals surface area contributed by atoms with Gasteiger partial charge in [0, 0.05) is 24.5 Å². The summed E-state index contributed by atoms with van der Waals surface area (Å²) in [6, 6.07) is 21.2. The number of carbonyl (C=O) groups excluding carboxylic acids is 1. The first-order valence-corrected chi connectivity index (χ1v) is 11.7. The molecule has 0 radical (unpaired) electrons. The molecule has 3 aromatic rings. The van der Waals surface area contributed by atoms with Crippen molar-refractivity contribution >= 4 is 33.2 Å². The Bertz CT molecular complexity index is 1130. The Morgan fingerprint density at radius 2 is 1.55 bits per heavy atom. The molecule has 1 amide bonds. The number of halogens is 1. The quantitative estimate of drug-likeness (QED) is 0.526. The Labute approximate surface area is 188 Å². The predicted molar refractivity (Wildman–Crippen MR) is 125 cm³/mol. The van der Waals surface area contributed by atoms with E-state index in [1.54, 1.807) is 12.1 Å². The molecule has 0 aromatic heterocycles. The molecule has 0 aliphatic heterocycles. The van der Waals surface area contributed by atoms with Crippen molar-refractivity contribution in [2.45, 2.75) is 31.7 Å². The standard InChI is InChI=1S/C24H25ClN2O3S/c1-18-14-19(2)16-22(15-18)27(31(29,30)23-10-8-21(25)9-11-23)13-12-24(28)26-17-20-6-4-3-5-7-20/h3-11,14-16H,12-13,17H2,1-2H3,(H,26,28). The van der Waals surface area contributed by atoms with E-state index >= 15 is 0 Å². The summed E-state index contributed by atoms with van der Waals surface area (Å²) < 4.78 is 28.1. The molecule has 5 nitrogen and oxygen atoms in total. The Balaban J connectivity index is 1.82. The van der Waals surface area contributed by atoms with Crippen LogP contribution in [0, 0.1) is 13.8 Å². The van der Waals surface area contributed by atoms with Crippen LogP contribution < -0.4 is 9.62 Å². The van der Waals surface area contributed by atoms with Gasteiger partial charge in [0.1, 0.15) is 0 Å². The predicted octanol–water partition coefficient (Wildman–Crippen LogP) is 4.86. The highest BCUT2D eigenvalue weighted by Crippen LogP contribution is 2.27. The second-order valence-corrected chi connectivity index (χ2v) is 9.69. The summed E-state index contributed by atoms with van der Waals surface area (Å²) in [5.74, 6) is -0.218. The first-order valence-electron chi connectivity index (χ1n) is 9.93. The van der Waals surface area contributed by atoms with Crippen LogP contribution in [0.3, 0.4) is 0 Å². The van der Waals surface area contributed by atoms with Crippen molar-refractivity contribution in [3.05, 3.63) is 94.5 Å². The van der Waals surface area contributed by atoms with Crippen molar-refractivity contribution in [2.24, 2.45) is 0 Å². The Morgan fingerprint density at radius 3 is 2.16 bits per heavy atom. The van der Waals surface area contributed by atoms with Crippen LogP contribution in [0.1, 0.15) is 23.1 Å². The van der Waals surface area contributed by atoms with E-state index < -0.39 is 10.0 Å². The third-order valence-corrected chi connectivity index (χ3v) is 6.86. The van der Waals surface area contributed by atoms with Crippen molar-refractivity contribution < 1.29 is 13.2 Å². The molecule has 0 aliphatic rings. The summed E-state index contributed by atoms with van der Waals surface area (Å²) in [7, 11) is -3.87. The SMILES string of the molecule is Cc1cc(C)cc(N(CCC(=O)NCc2ccccc2)S(=O)(=O)c2ccc(Cl)cc2)c1. The van der Waals surface area contributed by atoms with Crippen LogP contribution in [0.25, 0.3) is 0 Å². The van der Waals surface area contributed by atoms with E-state index in [4.69, 9.17) is 11.6 Å². The summed E-state index contributed by atoms with van der Waals surface area (Å²) in [6.45, 7) is 4.24. The maximum absolute atomic E-state index is 13.4. The van der Waals surface area contributed by atoms with Gasteiger partial charge in [-0.1, -0.05) is 48.0 Å². The lowest BCUT2D eigenvalue weighted by molar-refractivity contribution is -0.121. The third kappa shape index (κ3) is 6.09. The molecule has 0 atom stereocenters. The minimum atomic E-state index is -3.87. The van der Waals surface area contributed by atoms with Crippen molar-refractivity contribution in [1.82, 2.24) is 5.32 Å². The lowest BCUT2D eigenvalue weighted by Crippen LogP contribution is -2.35. The molecule has 0 heterocycles. The summed E-state index contributed by atoms with van der Waals surface area (Å²) >= 11 is 5.93. The van der Waals surface area contributed by atoms with Crippen LogP contribution in [-0.2, 0) is 21.4 Å². The van der Waals surface area contributed by atoms with E-state index in [2.05, 4.69) is 5.32 Å². The highest BCUT2D eigenvalue weighted by molar-refractivity contribution is 7.92. The maximum Gasteiger partial charge on any atom is 0.264 e. The Kier molecular flexibility index (Phi) is 7.36. The van der Waals surface area contributed by atoms with Gasteiger partial charge in [0.15, 0.2) is 0 Å². The number of benzene rings is 3. The molecule has 162 valence electrons. The number of hydrogen-bond donors (Lipinski definition) is 1. The normalized spacial score (nSPS) is 11.2. The Hall–Kier alpha value is -2.83. The van der Waals surface area contributed by atoms with Gasteiger partial charge in [0.2, 0.25) is 5.91 Å². The summed E-state index contributed by atoms with van der Waals surface area (Å²) in [6.07, 6.45) is 0.0344. The van der Waals surface area contributed by atoms with Crippen molar-refractivity contribution in [3.63, 3.8) is 0 Å². The molecular weight excluding hydrogens is 432 g/mol. The van der Waals surface area contributed by atoms with E-state index in [0.717, 1.165) is 16.7 Å². The number of amides is 1.